The van der Waals surface area contributed by atoms with E-state index in [1.54, 1.807) is 7.11 Å². The molecule has 4 aromatic rings. The second-order valence-electron chi connectivity index (χ2n) is 23.2. The van der Waals surface area contributed by atoms with Gasteiger partial charge in [-0.05, 0) is 83.5 Å². The van der Waals surface area contributed by atoms with Crippen LogP contribution in [-0.2, 0) is 33.8 Å². The molecule has 1 saturated carbocycles. The molecule has 0 radical (unpaired) electrons. The largest absolute Gasteiger partial charge is 0.496 e. The Morgan fingerprint density at radius 2 is 1.13 bits per heavy atom. The van der Waals surface area contributed by atoms with Crippen LogP contribution >= 0.6 is 0 Å². The molecule has 6 rings (SSSR count). The number of amides is 3. The molecule has 2 aliphatic rings. The highest BCUT2D eigenvalue weighted by Gasteiger charge is 2.29. The van der Waals surface area contributed by atoms with Crippen LogP contribution in [0.5, 0.6) is 11.5 Å². The number of hydrogen-bond acceptors (Lipinski definition) is 6. The van der Waals surface area contributed by atoms with E-state index >= 15 is 0 Å². The molecule has 0 heterocycles. The standard InChI is InChI=1S/C70H103N3O6/c1-3-4-5-6-7-8-9-10-11-12-15-18-24-33-50-73(69(75)42-27-22-16-13-14-17-23-32-49-71-70(76)79-56-66-64-39-30-28-37-62(64)63-38-29-31-40-65(63)66)55-60-47-48-61(53-67(60)77-2)78-51-34-41-68(74)72-54-59-45-43-58(44-46-59)52-57-35-25-20-19-21-26-36-57/h28-31,37-40,43-48,53,57,66H,3-27,32-36,41-42,49-52,54-56H2,1-2H3,(H,71,76)(H,72,74). The molecule has 0 bridgehead atoms. The average Bonchev–Trinajstić information content (AvgIpc) is 3.84. The Morgan fingerprint density at radius 3 is 1.75 bits per heavy atom. The molecule has 0 unspecified atom stereocenters. The minimum absolute atomic E-state index is 0.0326. The summed E-state index contributed by atoms with van der Waals surface area (Å²) in [6, 6.07) is 31.6. The number of rotatable bonds is 40. The Bertz CT molecular complexity index is 2260. The quantitative estimate of drug-likeness (QED) is 0.0430. The summed E-state index contributed by atoms with van der Waals surface area (Å²) in [4.78, 5) is 41.3. The van der Waals surface area contributed by atoms with Crippen LogP contribution in [0.2, 0.25) is 0 Å². The normalized spacial score (nSPS) is 13.5. The first-order valence-electron chi connectivity index (χ1n) is 31.9. The van der Waals surface area contributed by atoms with Crippen molar-refractivity contribution in [2.75, 3.05) is 33.4 Å². The predicted molar refractivity (Wildman–Crippen MR) is 326 cm³/mol. The second-order valence-corrected chi connectivity index (χ2v) is 23.2. The van der Waals surface area contributed by atoms with Gasteiger partial charge in [0, 0.05) is 56.6 Å². The van der Waals surface area contributed by atoms with Gasteiger partial charge in [-0.1, -0.05) is 247 Å². The second kappa shape index (κ2) is 38.4. The van der Waals surface area contributed by atoms with Gasteiger partial charge in [-0.25, -0.2) is 4.79 Å². The summed E-state index contributed by atoms with van der Waals surface area (Å²) in [7, 11) is 1.68. The van der Waals surface area contributed by atoms with Crippen molar-refractivity contribution in [1.29, 1.82) is 0 Å². The van der Waals surface area contributed by atoms with E-state index in [-0.39, 0.29) is 23.8 Å². The van der Waals surface area contributed by atoms with Gasteiger partial charge in [0.2, 0.25) is 11.8 Å². The maximum absolute atomic E-state index is 13.9. The lowest BCUT2D eigenvalue weighted by Crippen LogP contribution is -2.31. The molecular formula is C70H103N3O6. The summed E-state index contributed by atoms with van der Waals surface area (Å²) in [6.45, 7) is 5.48. The molecule has 4 aromatic carbocycles. The van der Waals surface area contributed by atoms with E-state index in [0.29, 0.717) is 57.9 Å². The first kappa shape index (κ1) is 62.9. The van der Waals surface area contributed by atoms with Gasteiger partial charge >= 0.3 is 6.09 Å². The zero-order valence-electron chi connectivity index (χ0n) is 49.3. The van der Waals surface area contributed by atoms with Crippen LogP contribution in [-0.4, -0.2) is 56.2 Å². The molecule has 9 heteroatoms. The maximum atomic E-state index is 13.9. The van der Waals surface area contributed by atoms with Crippen LogP contribution in [0.25, 0.3) is 11.1 Å². The fourth-order valence-electron chi connectivity index (χ4n) is 12.0. The van der Waals surface area contributed by atoms with Crippen molar-refractivity contribution in [3.8, 4) is 22.6 Å². The number of ether oxygens (including phenoxy) is 3. The lowest BCUT2D eigenvalue weighted by Gasteiger charge is -2.24. The highest BCUT2D eigenvalue weighted by Crippen LogP contribution is 2.44. The molecule has 0 spiro atoms. The molecular weight excluding hydrogens is 979 g/mol. The van der Waals surface area contributed by atoms with Gasteiger partial charge in [0.25, 0.3) is 0 Å². The van der Waals surface area contributed by atoms with E-state index in [1.807, 2.05) is 18.2 Å². The summed E-state index contributed by atoms with van der Waals surface area (Å²) in [5.41, 5.74) is 8.43. The molecule has 0 saturated heterocycles. The van der Waals surface area contributed by atoms with Crippen LogP contribution in [0.3, 0.4) is 0 Å². The molecule has 0 aliphatic heterocycles. The van der Waals surface area contributed by atoms with Crippen LogP contribution in [0.4, 0.5) is 4.79 Å². The SMILES string of the molecule is CCCCCCCCCCCCCCCCN(Cc1ccc(OCCCC(=O)NCc2ccc(CC3CCCCCCC3)cc2)cc1OC)C(=O)CCCCCCCCCCNC(=O)OCC1c2ccccc2-c2ccccc21. The van der Waals surface area contributed by atoms with E-state index in [0.717, 1.165) is 93.5 Å². The summed E-state index contributed by atoms with van der Waals surface area (Å²) in [5, 5.41) is 6.06. The van der Waals surface area contributed by atoms with E-state index in [9.17, 15) is 14.4 Å². The first-order valence-corrected chi connectivity index (χ1v) is 31.9. The van der Waals surface area contributed by atoms with Crippen molar-refractivity contribution < 1.29 is 28.6 Å². The third-order valence-electron chi connectivity index (χ3n) is 16.8. The number of unbranched alkanes of at least 4 members (excludes halogenated alkanes) is 20. The van der Waals surface area contributed by atoms with Gasteiger partial charge in [0.05, 0.1) is 13.7 Å². The number of alkyl carbamates (subject to hydrolysis) is 1. The molecule has 2 aliphatic carbocycles. The van der Waals surface area contributed by atoms with Crippen molar-refractivity contribution in [3.05, 3.63) is 119 Å². The summed E-state index contributed by atoms with van der Waals surface area (Å²) >= 11 is 0. The number of carbonyl (C=O) groups is 3. The third-order valence-corrected chi connectivity index (χ3v) is 16.8. The van der Waals surface area contributed by atoms with Crippen molar-refractivity contribution in [2.24, 2.45) is 5.92 Å². The summed E-state index contributed by atoms with van der Waals surface area (Å²) < 4.78 is 17.7. The Kier molecular flexibility index (Phi) is 30.5. The maximum Gasteiger partial charge on any atom is 0.407 e. The zero-order valence-corrected chi connectivity index (χ0v) is 49.3. The Labute approximate surface area is 478 Å². The number of hydrogen-bond donors (Lipinski definition) is 2. The molecule has 0 aromatic heterocycles. The van der Waals surface area contributed by atoms with E-state index < -0.39 is 0 Å². The summed E-state index contributed by atoms with van der Waals surface area (Å²) in [6.07, 6.45) is 38.8. The van der Waals surface area contributed by atoms with Gasteiger partial charge < -0.3 is 29.7 Å². The Balaban J connectivity index is 0.848. The number of benzene rings is 4. The summed E-state index contributed by atoms with van der Waals surface area (Å²) in [5.74, 6) is 2.55. The predicted octanol–water partition coefficient (Wildman–Crippen LogP) is 17.9. The number of carbonyl (C=O) groups excluding carboxylic acids is 3. The van der Waals surface area contributed by atoms with Gasteiger partial charge in [-0.3, -0.25) is 9.59 Å². The number of fused-ring (bicyclic) bond motifs is 3. The fraction of sp³-hybridized carbons (Fsp3) is 0.614. The molecule has 79 heavy (non-hydrogen) atoms. The molecule has 3 amide bonds. The highest BCUT2D eigenvalue weighted by atomic mass is 16.5. The van der Waals surface area contributed by atoms with Crippen molar-refractivity contribution in [2.45, 2.75) is 238 Å². The third kappa shape index (κ3) is 24.1. The molecule has 9 nitrogen and oxygen atoms in total. The van der Waals surface area contributed by atoms with Crippen molar-refractivity contribution >= 4 is 17.9 Å². The van der Waals surface area contributed by atoms with Gasteiger partial charge in [-0.15, -0.1) is 0 Å². The minimum atomic E-state index is -0.343. The lowest BCUT2D eigenvalue weighted by atomic mass is 9.86. The van der Waals surface area contributed by atoms with Gasteiger partial charge in [0.15, 0.2) is 0 Å². The van der Waals surface area contributed by atoms with Crippen LogP contribution in [0, 0.1) is 5.92 Å². The Morgan fingerprint density at radius 1 is 0.570 bits per heavy atom. The average molecular weight is 1080 g/mol. The van der Waals surface area contributed by atoms with Gasteiger partial charge in [-0.2, -0.15) is 0 Å². The number of nitrogens with one attached hydrogen (secondary N) is 2. The fourth-order valence-corrected chi connectivity index (χ4v) is 12.0. The van der Waals surface area contributed by atoms with E-state index in [1.165, 1.54) is 156 Å². The highest BCUT2D eigenvalue weighted by molar-refractivity contribution is 5.79. The zero-order chi connectivity index (χ0) is 55.4. The van der Waals surface area contributed by atoms with Crippen molar-refractivity contribution in [1.82, 2.24) is 15.5 Å². The molecule has 0 atom stereocenters. The molecule has 1 fully saturated rings. The first-order chi connectivity index (χ1) is 38.9. The van der Waals surface area contributed by atoms with E-state index in [2.05, 4.69) is 95.3 Å². The molecule has 434 valence electrons. The van der Waals surface area contributed by atoms with Gasteiger partial charge in [0.1, 0.15) is 18.1 Å². The minimum Gasteiger partial charge on any atom is -0.496 e. The van der Waals surface area contributed by atoms with Crippen LogP contribution in [0.15, 0.2) is 91.0 Å². The van der Waals surface area contributed by atoms with E-state index in [4.69, 9.17) is 14.2 Å². The topological polar surface area (TPSA) is 106 Å². The monoisotopic (exact) mass is 1080 g/mol. The van der Waals surface area contributed by atoms with Crippen molar-refractivity contribution in [3.63, 3.8) is 0 Å². The molecule has 2 N–H and O–H groups in total. The van der Waals surface area contributed by atoms with Crippen LogP contribution in [0.1, 0.15) is 246 Å². The lowest BCUT2D eigenvalue weighted by molar-refractivity contribution is -0.132. The van der Waals surface area contributed by atoms with Crippen LogP contribution < -0.4 is 20.1 Å². The number of nitrogens with zero attached hydrogens (tertiary/aromatic N) is 1. The smallest absolute Gasteiger partial charge is 0.407 e. The number of methoxy groups -OCH3 is 1. The Hall–Kier alpha value is -5.31.